The Kier molecular flexibility index (Phi) is 4.17. The first-order valence-corrected chi connectivity index (χ1v) is 7.84. The number of halogens is 1. The molecule has 3 rings (SSSR count). The van der Waals surface area contributed by atoms with E-state index in [4.69, 9.17) is 11.6 Å². The largest absolute Gasteiger partial charge is 0.362 e. The molecule has 1 N–H and O–H groups in total. The summed E-state index contributed by atoms with van der Waals surface area (Å²) in [6.07, 6.45) is 3.91. The smallest absolute Gasteiger partial charge is 0.128 e. The number of anilines is 1. The van der Waals surface area contributed by atoms with E-state index < -0.39 is 0 Å². The van der Waals surface area contributed by atoms with Crippen molar-refractivity contribution in [1.29, 1.82) is 0 Å². The fourth-order valence-electron chi connectivity index (χ4n) is 2.87. The van der Waals surface area contributed by atoms with Gasteiger partial charge in [0.1, 0.15) is 5.82 Å². The van der Waals surface area contributed by atoms with Gasteiger partial charge in [-0.3, -0.25) is 0 Å². The zero-order valence-corrected chi connectivity index (χ0v) is 13.3. The number of fused-ring (bicyclic) bond motifs is 1. The van der Waals surface area contributed by atoms with Crippen LogP contribution in [0.3, 0.4) is 0 Å². The number of hydrogen-bond acceptors (Lipinski definition) is 3. The molecular weight excluding hydrogens is 284 g/mol. The van der Waals surface area contributed by atoms with Gasteiger partial charge in [-0.2, -0.15) is 0 Å². The summed E-state index contributed by atoms with van der Waals surface area (Å²) in [4.78, 5) is 6.73. The summed E-state index contributed by atoms with van der Waals surface area (Å²) in [5.41, 5.74) is 2.32. The molecule has 1 aliphatic rings. The summed E-state index contributed by atoms with van der Waals surface area (Å²) >= 11 is 6.47. The van der Waals surface area contributed by atoms with Crippen LogP contribution in [-0.4, -0.2) is 22.6 Å². The number of imidazole rings is 1. The van der Waals surface area contributed by atoms with Gasteiger partial charge >= 0.3 is 0 Å². The number of aromatic nitrogens is 2. The Morgan fingerprint density at radius 3 is 3.00 bits per heavy atom. The summed E-state index contributed by atoms with van der Waals surface area (Å²) in [5.74, 6) is 1.11. The van der Waals surface area contributed by atoms with Crippen LogP contribution in [0.4, 0.5) is 5.69 Å². The van der Waals surface area contributed by atoms with Crippen LogP contribution in [-0.2, 0) is 13.1 Å². The van der Waals surface area contributed by atoms with Gasteiger partial charge in [-0.1, -0.05) is 24.6 Å². The SMILES string of the molecule is CCNC(C)c1ccc(N2CCn3ccnc3C2)cc1Cl. The molecule has 0 saturated carbocycles. The van der Waals surface area contributed by atoms with E-state index in [1.807, 2.05) is 12.4 Å². The monoisotopic (exact) mass is 304 g/mol. The van der Waals surface area contributed by atoms with Crippen LogP contribution in [0.1, 0.15) is 31.3 Å². The van der Waals surface area contributed by atoms with Crippen LogP contribution >= 0.6 is 11.6 Å². The Bertz CT molecular complexity index is 622. The molecule has 112 valence electrons. The van der Waals surface area contributed by atoms with Gasteiger partial charge in [0.15, 0.2) is 0 Å². The number of hydrogen-bond donors (Lipinski definition) is 1. The minimum absolute atomic E-state index is 0.275. The van der Waals surface area contributed by atoms with Gasteiger partial charge in [0.25, 0.3) is 0 Å². The summed E-state index contributed by atoms with van der Waals surface area (Å²) in [7, 11) is 0. The summed E-state index contributed by atoms with van der Waals surface area (Å²) in [6, 6.07) is 6.64. The Morgan fingerprint density at radius 1 is 1.38 bits per heavy atom. The molecule has 0 spiro atoms. The molecule has 1 unspecified atom stereocenters. The summed E-state index contributed by atoms with van der Waals surface area (Å²) < 4.78 is 2.21. The fourth-order valence-corrected chi connectivity index (χ4v) is 3.21. The van der Waals surface area contributed by atoms with Crippen molar-refractivity contribution in [3.05, 3.63) is 47.0 Å². The third-order valence-corrected chi connectivity index (χ3v) is 4.40. The highest BCUT2D eigenvalue weighted by atomic mass is 35.5. The maximum atomic E-state index is 6.47. The number of nitrogens with one attached hydrogen (secondary N) is 1. The summed E-state index contributed by atoms with van der Waals surface area (Å²) in [5, 5.41) is 4.23. The zero-order chi connectivity index (χ0) is 14.8. The van der Waals surface area contributed by atoms with E-state index in [2.05, 4.69) is 51.8 Å². The summed E-state index contributed by atoms with van der Waals surface area (Å²) in [6.45, 7) is 7.99. The minimum Gasteiger partial charge on any atom is -0.362 e. The molecule has 1 aromatic heterocycles. The molecule has 0 saturated heterocycles. The van der Waals surface area contributed by atoms with E-state index in [0.29, 0.717) is 0 Å². The second kappa shape index (κ2) is 6.08. The highest BCUT2D eigenvalue weighted by molar-refractivity contribution is 6.31. The zero-order valence-electron chi connectivity index (χ0n) is 12.5. The van der Waals surface area contributed by atoms with Crippen LogP contribution in [0.5, 0.6) is 0 Å². The molecule has 0 bridgehead atoms. The third kappa shape index (κ3) is 2.92. The Morgan fingerprint density at radius 2 is 2.24 bits per heavy atom. The molecule has 1 atom stereocenters. The number of benzene rings is 1. The number of rotatable bonds is 4. The predicted molar refractivity (Wildman–Crippen MR) is 86.8 cm³/mol. The van der Waals surface area contributed by atoms with Gasteiger partial charge in [0.2, 0.25) is 0 Å². The standard InChI is InChI=1S/C16H21ClN4/c1-3-18-12(2)14-5-4-13(10-15(14)17)21-9-8-20-7-6-19-16(20)11-21/h4-7,10,12,18H,3,8-9,11H2,1-2H3. The topological polar surface area (TPSA) is 33.1 Å². The molecule has 2 heterocycles. The van der Waals surface area contributed by atoms with Gasteiger partial charge in [-0.25, -0.2) is 4.98 Å². The average molecular weight is 305 g/mol. The molecule has 2 aromatic rings. The van der Waals surface area contributed by atoms with E-state index in [1.54, 1.807) is 0 Å². The van der Waals surface area contributed by atoms with Crippen LogP contribution in [0, 0.1) is 0 Å². The lowest BCUT2D eigenvalue weighted by Gasteiger charge is -2.30. The van der Waals surface area contributed by atoms with Crippen LogP contribution in [0.2, 0.25) is 5.02 Å². The Hall–Kier alpha value is -1.52. The molecule has 5 heteroatoms. The normalized spacial score (nSPS) is 15.9. The van der Waals surface area contributed by atoms with Crippen molar-refractivity contribution in [2.24, 2.45) is 0 Å². The van der Waals surface area contributed by atoms with E-state index in [-0.39, 0.29) is 6.04 Å². The lowest BCUT2D eigenvalue weighted by molar-refractivity contribution is 0.559. The maximum absolute atomic E-state index is 6.47. The van der Waals surface area contributed by atoms with E-state index >= 15 is 0 Å². The molecule has 0 aliphatic carbocycles. The highest BCUT2D eigenvalue weighted by Crippen LogP contribution is 2.29. The molecular formula is C16H21ClN4. The van der Waals surface area contributed by atoms with Crippen LogP contribution in [0.25, 0.3) is 0 Å². The molecule has 1 aliphatic heterocycles. The molecule has 0 fully saturated rings. The quantitative estimate of drug-likeness (QED) is 0.941. The van der Waals surface area contributed by atoms with Crippen molar-refractivity contribution >= 4 is 17.3 Å². The first-order chi connectivity index (χ1) is 10.2. The van der Waals surface area contributed by atoms with Gasteiger partial charge in [-0.05, 0) is 31.2 Å². The molecule has 4 nitrogen and oxygen atoms in total. The van der Waals surface area contributed by atoms with Crippen molar-refractivity contribution in [3.8, 4) is 0 Å². The van der Waals surface area contributed by atoms with Crippen LogP contribution in [0.15, 0.2) is 30.6 Å². The first kappa shape index (κ1) is 14.4. The van der Waals surface area contributed by atoms with E-state index in [9.17, 15) is 0 Å². The molecule has 0 radical (unpaired) electrons. The van der Waals surface area contributed by atoms with Gasteiger partial charge in [-0.15, -0.1) is 0 Å². The lowest BCUT2D eigenvalue weighted by atomic mass is 10.1. The van der Waals surface area contributed by atoms with Gasteiger partial charge in [0.05, 0.1) is 6.54 Å². The van der Waals surface area contributed by atoms with Crippen molar-refractivity contribution in [2.45, 2.75) is 33.0 Å². The maximum Gasteiger partial charge on any atom is 0.128 e. The van der Waals surface area contributed by atoms with Crippen molar-refractivity contribution < 1.29 is 0 Å². The highest BCUT2D eigenvalue weighted by Gasteiger charge is 2.18. The van der Waals surface area contributed by atoms with E-state index in [0.717, 1.165) is 42.6 Å². The Labute approximate surface area is 130 Å². The van der Waals surface area contributed by atoms with Gasteiger partial charge < -0.3 is 14.8 Å². The van der Waals surface area contributed by atoms with Crippen molar-refractivity contribution in [1.82, 2.24) is 14.9 Å². The van der Waals surface area contributed by atoms with Crippen LogP contribution < -0.4 is 10.2 Å². The minimum atomic E-state index is 0.275. The third-order valence-electron chi connectivity index (χ3n) is 4.07. The fraction of sp³-hybridized carbons (Fsp3) is 0.438. The second-order valence-electron chi connectivity index (χ2n) is 5.44. The molecule has 0 amide bonds. The van der Waals surface area contributed by atoms with E-state index in [1.165, 1.54) is 5.69 Å². The van der Waals surface area contributed by atoms with Crippen molar-refractivity contribution in [2.75, 3.05) is 18.0 Å². The Balaban J connectivity index is 1.80. The van der Waals surface area contributed by atoms with Gasteiger partial charge in [0, 0.05) is 42.2 Å². The lowest BCUT2D eigenvalue weighted by Crippen LogP contribution is -2.33. The molecule has 21 heavy (non-hydrogen) atoms. The first-order valence-electron chi connectivity index (χ1n) is 7.47. The van der Waals surface area contributed by atoms with Crippen molar-refractivity contribution in [3.63, 3.8) is 0 Å². The second-order valence-corrected chi connectivity index (χ2v) is 5.85. The number of nitrogens with zero attached hydrogens (tertiary/aromatic N) is 3. The molecule has 1 aromatic carbocycles. The predicted octanol–water partition coefficient (Wildman–Crippen LogP) is 3.23. The average Bonchev–Trinajstić information content (AvgIpc) is 2.94.